The van der Waals surface area contributed by atoms with Gasteiger partial charge in [0.25, 0.3) is 0 Å². The molecule has 0 saturated heterocycles. The van der Waals surface area contributed by atoms with Gasteiger partial charge >= 0.3 is 5.97 Å². The minimum atomic E-state index is -0.834. The van der Waals surface area contributed by atoms with Gasteiger partial charge in [0, 0.05) is 5.56 Å². The van der Waals surface area contributed by atoms with Crippen LogP contribution in [0.3, 0.4) is 0 Å². The molecule has 0 aliphatic heterocycles. The van der Waals surface area contributed by atoms with Gasteiger partial charge in [0.2, 0.25) is 5.89 Å². The van der Waals surface area contributed by atoms with Gasteiger partial charge in [-0.2, -0.15) is 0 Å². The third-order valence-electron chi connectivity index (χ3n) is 1.99. The molecule has 0 saturated carbocycles. The number of carboxylic acids is 1. The summed E-state index contributed by atoms with van der Waals surface area (Å²) in [6.07, 6.45) is 3.10. The Morgan fingerprint density at radius 3 is 2.60 bits per heavy atom. The Morgan fingerprint density at radius 2 is 2.07 bits per heavy atom. The summed E-state index contributed by atoms with van der Waals surface area (Å²) in [4.78, 5) is 14.4. The summed E-state index contributed by atoms with van der Waals surface area (Å²) >= 11 is 0. The van der Waals surface area contributed by atoms with Crippen molar-refractivity contribution in [2.75, 3.05) is 0 Å². The molecule has 0 unspecified atom stereocenters. The number of carboxylic acid groups (broad SMARTS) is 1. The van der Waals surface area contributed by atoms with Gasteiger partial charge in [0.05, 0.1) is 12.6 Å². The first-order valence-corrected chi connectivity index (χ1v) is 4.46. The Hall–Kier alpha value is -2.10. The molecule has 1 heterocycles. The Balaban J connectivity index is 2.21. The van der Waals surface area contributed by atoms with Crippen LogP contribution >= 0.6 is 0 Å². The van der Waals surface area contributed by atoms with Crippen molar-refractivity contribution in [1.82, 2.24) is 4.98 Å². The van der Waals surface area contributed by atoms with E-state index < -0.39 is 5.97 Å². The van der Waals surface area contributed by atoms with Crippen LogP contribution in [-0.2, 0) is 11.2 Å². The van der Waals surface area contributed by atoms with Gasteiger partial charge < -0.3 is 9.52 Å². The number of oxazole rings is 1. The highest BCUT2D eigenvalue weighted by atomic mass is 16.4. The molecule has 2 aromatic rings. The zero-order chi connectivity index (χ0) is 10.7. The average molecular weight is 203 g/mol. The second kappa shape index (κ2) is 3.96. The van der Waals surface area contributed by atoms with Gasteiger partial charge in [0.15, 0.2) is 0 Å². The molecule has 15 heavy (non-hydrogen) atoms. The zero-order valence-electron chi connectivity index (χ0n) is 7.88. The Kier molecular flexibility index (Phi) is 2.49. The fourth-order valence-corrected chi connectivity index (χ4v) is 1.31. The monoisotopic (exact) mass is 203 g/mol. The van der Waals surface area contributed by atoms with Gasteiger partial charge in [0.1, 0.15) is 6.26 Å². The van der Waals surface area contributed by atoms with E-state index in [1.807, 2.05) is 0 Å². The summed E-state index contributed by atoms with van der Waals surface area (Å²) in [5.41, 5.74) is 1.60. The maximum Gasteiger partial charge on any atom is 0.307 e. The number of carbonyl (C=O) groups is 1. The smallest absolute Gasteiger partial charge is 0.307 e. The van der Waals surface area contributed by atoms with Crippen molar-refractivity contribution in [3.8, 4) is 11.5 Å². The van der Waals surface area contributed by atoms with Crippen molar-refractivity contribution >= 4 is 5.97 Å². The quantitative estimate of drug-likeness (QED) is 0.828. The predicted molar refractivity (Wildman–Crippen MR) is 53.3 cm³/mol. The molecule has 0 amide bonds. The molecule has 0 bridgehead atoms. The van der Waals surface area contributed by atoms with Crippen LogP contribution in [0.5, 0.6) is 0 Å². The zero-order valence-corrected chi connectivity index (χ0v) is 7.88. The second-order valence-corrected chi connectivity index (χ2v) is 3.10. The maximum absolute atomic E-state index is 10.5. The highest BCUT2D eigenvalue weighted by molar-refractivity contribution is 5.70. The fourth-order valence-electron chi connectivity index (χ4n) is 1.31. The molecule has 0 aliphatic carbocycles. The number of hydrogen-bond donors (Lipinski definition) is 1. The van der Waals surface area contributed by atoms with Crippen LogP contribution in [0.25, 0.3) is 11.5 Å². The van der Waals surface area contributed by atoms with Gasteiger partial charge in [-0.05, 0) is 17.7 Å². The summed E-state index contributed by atoms with van der Waals surface area (Å²) in [6, 6.07) is 7.11. The summed E-state index contributed by atoms with van der Waals surface area (Å²) in [5.74, 6) is -0.296. The minimum absolute atomic E-state index is 0.0336. The van der Waals surface area contributed by atoms with Crippen molar-refractivity contribution in [2.45, 2.75) is 6.42 Å². The van der Waals surface area contributed by atoms with E-state index in [4.69, 9.17) is 9.52 Å². The van der Waals surface area contributed by atoms with Crippen LogP contribution in [0, 0.1) is 0 Å². The summed E-state index contributed by atoms with van der Waals surface area (Å²) in [6.45, 7) is 0. The fraction of sp³-hybridized carbons (Fsp3) is 0.0909. The first-order valence-electron chi connectivity index (χ1n) is 4.46. The van der Waals surface area contributed by atoms with Crippen molar-refractivity contribution in [3.05, 3.63) is 42.3 Å². The number of nitrogens with zero attached hydrogens (tertiary/aromatic N) is 1. The van der Waals surface area contributed by atoms with Gasteiger partial charge in [-0.3, -0.25) is 4.79 Å². The third-order valence-corrected chi connectivity index (χ3v) is 1.99. The lowest BCUT2D eigenvalue weighted by molar-refractivity contribution is -0.136. The summed E-state index contributed by atoms with van der Waals surface area (Å²) < 4.78 is 5.11. The Morgan fingerprint density at radius 1 is 1.33 bits per heavy atom. The molecule has 2 rings (SSSR count). The summed E-state index contributed by atoms with van der Waals surface area (Å²) in [5, 5.41) is 8.59. The maximum atomic E-state index is 10.5. The van der Waals surface area contributed by atoms with E-state index in [2.05, 4.69) is 4.98 Å². The number of hydrogen-bond acceptors (Lipinski definition) is 3. The molecule has 4 heteroatoms. The number of benzene rings is 1. The van der Waals surface area contributed by atoms with Gasteiger partial charge in [-0.15, -0.1) is 0 Å². The predicted octanol–water partition coefficient (Wildman–Crippen LogP) is 1.97. The lowest BCUT2D eigenvalue weighted by Gasteiger charge is -1.98. The van der Waals surface area contributed by atoms with Crippen molar-refractivity contribution in [1.29, 1.82) is 0 Å². The molecule has 0 fully saturated rings. The topological polar surface area (TPSA) is 63.3 Å². The Labute approximate surface area is 86.2 Å². The van der Waals surface area contributed by atoms with Crippen LogP contribution < -0.4 is 0 Å². The van der Waals surface area contributed by atoms with E-state index in [9.17, 15) is 4.79 Å². The lowest BCUT2D eigenvalue weighted by Crippen LogP contribution is -1.99. The van der Waals surface area contributed by atoms with Crippen molar-refractivity contribution in [2.24, 2.45) is 0 Å². The lowest BCUT2D eigenvalue weighted by atomic mass is 10.1. The Bertz CT molecular complexity index is 445. The molecule has 1 aromatic carbocycles. The van der Waals surface area contributed by atoms with Crippen LogP contribution in [0.15, 0.2) is 41.1 Å². The van der Waals surface area contributed by atoms with Gasteiger partial charge in [-0.25, -0.2) is 4.98 Å². The van der Waals surface area contributed by atoms with Crippen LogP contribution in [0.4, 0.5) is 0 Å². The highest BCUT2D eigenvalue weighted by Gasteiger charge is 2.03. The average Bonchev–Trinajstić information content (AvgIpc) is 2.71. The standard InChI is InChI=1S/C11H9NO3/c13-10(14)7-8-1-3-9(4-2-8)11-12-5-6-15-11/h1-6H,7H2,(H,13,14). The molecule has 1 aromatic heterocycles. The van der Waals surface area contributed by atoms with E-state index in [0.717, 1.165) is 11.1 Å². The van der Waals surface area contributed by atoms with E-state index >= 15 is 0 Å². The van der Waals surface area contributed by atoms with Crippen molar-refractivity contribution in [3.63, 3.8) is 0 Å². The first-order chi connectivity index (χ1) is 7.25. The molecule has 4 nitrogen and oxygen atoms in total. The molecule has 0 spiro atoms. The minimum Gasteiger partial charge on any atom is -0.481 e. The second-order valence-electron chi connectivity index (χ2n) is 3.10. The SMILES string of the molecule is O=C(O)Cc1ccc(-c2ncco2)cc1. The van der Waals surface area contributed by atoms with E-state index in [0.29, 0.717) is 5.89 Å². The molecule has 0 radical (unpaired) electrons. The van der Waals surface area contributed by atoms with Crippen molar-refractivity contribution < 1.29 is 14.3 Å². The number of aliphatic carboxylic acids is 1. The number of aromatic nitrogens is 1. The molecular formula is C11H9NO3. The van der Waals surface area contributed by atoms with Crippen LogP contribution in [0.2, 0.25) is 0 Å². The van der Waals surface area contributed by atoms with E-state index in [1.54, 1.807) is 30.5 Å². The molecular weight excluding hydrogens is 194 g/mol. The molecule has 0 atom stereocenters. The molecule has 1 N–H and O–H groups in total. The van der Waals surface area contributed by atoms with Crippen LogP contribution in [0.1, 0.15) is 5.56 Å². The first kappa shape index (κ1) is 9.45. The highest BCUT2D eigenvalue weighted by Crippen LogP contribution is 2.17. The molecule has 76 valence electrons. The third kappa shape index (κ3) is 2.22. The van der Waals surface area contributed by atoms with E-state index in [-0.39, 0.29) is 6.42 Å². The largest absolute Gasteiger partial charge is 0.481 e. The normalized spacial score (nSPS) is 10.1. The van der Waals surface area contributed by atoms with E-state index in [1.165, 1.54) is 6.26 Å². The molecule has 0 aliphatic rings. The summed E-state index contributed by atoms with van der Waals surface area (Å²) in [7, 11) is 0. The number of rotatable bonds is 3. The van der Waals surface area contributed by atoms with Crippen LogP contribution in [-0.4, -0.2) is 16.1 Å². The van der Waals surface area contributed by atoms with Gasteiger partial charge in [-0.1, -0.05) is 12.1 Å².